The third-order valence-electron chi connectivity index (χ3n) is 4.48. The second-order valence-electron chi connectivity index (χ2n) is 6.41. The second-order valence-corrected chi connectivity index (χ2v) is 7.36. The molecule has 0 saturated heterocycles. The van der Waals surface area contributed by atoms with Gasteiger partial charge in [-0.2, -0.15) is 0 Å². The van der Waals surface area contributed by atoms with E-state index in [2.05, 4.69) is 15.5 Å². The van der Waals surface area contributed by atoms with Crippen LogP contribution in [0.4, 0.5) is 11.4 Å². The predicted octanol–water partition coefficient (Wildman–Crippen LogP) is 3.15. The number of aromatic nitrogens is 3. The van der Waals surface area contributed by atoms with Gasteiger partial charge in [0.2, 0.25) is 5.91 Å². The molecule has 0 saturated carbocycles. The van der Waals surface area contributed by atoms with Gasteiger partial charge in [-0.1, -0.05) is 11.8 Å². The first kappa shape index (κ1) is 22.9. The average molecular weight is 459 g/mol. The van der Waals surface area contributed by atoms with Crippen LogP contribution < -0.4 is 19.5 Å². The van der Waals surface area contributed by atoms with Crippen molar-refractivity contribution in [2.45, 2.75) is 5.16 Å². The highest BCUT2D eigenvalue weighted by molar-refractivity contribution is 7.99. The van der Waals surface area contributed by atoms with Crippen LogP contribution in [0.2, 0.25) is 0 Å². The summed E-state index contributed by atoms with van der Waals surface area (Å²) < 4.78 is 17.5. The number of anilines is 1. The van der Waals surface area contributed by atoms with E-state index in [0.29, 0.717) is 28.2 Å². The van der Waals surface area contributed by atoms with Crippen molar-refractivity contribution in [3.63, 3.8) is 0 Å². The van der Waals surface area contributed by atoms with E-state index >= 15 is 0 Å². The monoisotopic (exact) mass is 459 g/mol. The summed E-state index contributed by atoms with van der Waals surface area (Å²) in [5.41, 5.74) is 0.994. The fraction of sp³-hybridized carbons (Fsp3) is 0.250. The zero-order valence-electron chi connectivity index (χ0n) is 17.8. The van der Waals surface area contributed by atoms with Gasteiger partial charge in [-0.3, -0.25) is 14.9 Å². The molecule has 168 valence electrons. The summed E-state index contributed by atoms with van der Waals surface area (Å²) in [6.45, 7) is 0. The molecule has 0 spiro atoms. The lowest BCUT2D eigenvalue weighted by Crippen LogP contribution is -2.15. The van der Waals surface area contributed by atoms with Gasteiger partial charge >= 0.3 is 0 Å². The Morgan fingerprint density at radius 2 is 1.78 bits per heavy atom. The molecule has 32 heavy (non-hydrogen) atoms. The molecular formula is C20H21N5O6S. The van der Waals surface area contributed by atoms with E-state index in [0.717, 1.165) is 5.56 Å². The maximum absolute atomic E-state index is 12.4. The van der Waals surface area contributed by atoms with Crippen molar-refractivity contribution >= 4 is 29.0 Å². The molecule has 3 aromatic rings. The lowest BCUT2D eigenvalue weighted by Gasteiger charge is -2.10. The summed E-state index contributed by atoms with van der Waals surface area (Å²) in [6, 6.07) is 9.39. The number of ether oxygens (including phenoxy) is 3. The normalized spacial score (nSPS) is 10.5. The summed E-state index contributed by atoms with van der Waals surface area (Å²) >= 11 is 1.20. The van der Waals surface area contributed by atoms with E-state index < -0.39 is 4.92 Å². The molecule has 0 aliphatic heterocycles. The standard InChI is InChI=1S/C20H21N5O6S/c1-24-19(12-5-8-15(29-2)17(9-12)31-4)22-23-20(24)32-11-18(26)21-14-7-6-13(25(27)28)10-16(14)30-3/h5-10H,11H2,1-4H3,(H,21,26). The molecular weight excluding hydrogens is 438 g/mol. The second kappa shape index (κ2) is 10.0. The number of nitro groups is 1. The molecule has 0 atom stereocenters. The summed E-state index contributed by atoms with van der Waals surface area (Å²) in [5, 5.41) is 22.5. The third-order valence-corrected chi connectivity index (χ3v) is 5.50. The quantitative estimate of drug-likeness (QED) is 0.291. The van der Waals surface area contributed by atoms with Gasteiger partial charge in [0.25, 0.3) is 5.69 Å². The van der Waals surface area contributed by atoms with Crippen LogP contribution in [0.3, 0.4) is 0 Å². The molecule has 1 amide bonds. The van der Waals surface area contributed by atoms with Crippen LogP contribution in [-0.4, -0.2) is 52.7 Å². The Morgan fingerprint density at radius 3 is 2.44 bits per heavy atom. The number of rotatable bonds is 9. The number of nitrogens with one attached hydrogen (secondary N) is 1. The van der Waals surface area contributed by atoms with Gasteiger partial charge in [-0.15, -0.1) is 10.2 Å². The van der Waals surface area contributed by atoms with Crippen LogP contribution in [0, 0.1) is 10.1 Å². The van der Waals surface area contributed by atoms with Crippen molar-refractivity contribution in [2.75, 3.05) is 32.4 Å². The summed E-state index contributed by atoms with van der Waals surface area (Å²) in [4.78, 5) is 22.8. The molecule has 0 aliphatic rings. The maximum atomic E-state index is 12.4. The topological polar surface area (TPSA) is 131 Å². The Labute approximate surface area is 187 Å². The average Bonchev–Trinajstić information content (AvgIpc) is 3.17. The number of methoxy groups -OCH3 is 3. The Kier molecular flexibility index (Phi) is 7.15. The van der Waals surface area contributed by atoms with Crippen molar-refractivity contribution in [3.05, 3.63) is 46.5 Å². The fourth-order valence-electron chi connectivity index (χ4n) is 2.88. The molecule has 1 N–H and O–H groups in total. The highest BCUT2D eigenvalue weighted by Crippen LogP contribution is 2.33. The van der Waals surface area contributed by atoms with E-state index in [1.165, 1.54) is 37.1 Å². The molecule has 1 heterocycles. The van der Waals surface area contributed by atoms with Crippen molar-refractivity contribution < 1.29 is 23.9 Å². The van der Waals surface area contributed by atoms with Crippen LogP contribution in [0.5, 0.6) is 17.2 Å². The van der Waals surface area contributed by atoms with Gasteiger partial charge in [0.15, 0.2) is 22.5 Å². The number of nitro benzene ring substituents is 1. The highest BCUT2D eigenvalue weighted by atomic mass is 32.2. The van der Waals surface area contributed by atoms with Crippen LogP contribution >= 0.6 is 11.8 Å². The maximum Gasteiger partial charge on any atom is 0.273 e. The SMILES string of the molecule is COc1cc([N+](=O)[O-])ccc1NC(=O)CSc1nnc(-c2ccc(OC)c(OC)c2)n1C. The van der Waals surface area contributed by atoms with Gasteiger partial charge in [-0.25, -0.2) is 0 Å². The van der Waals surface area contributed by atoms with Crippen LogP contribution in [0.25, 0.3) is 11.4 Å². The first-order chi connectivity index (χ1) is 15.4. The van der Waals surface area contributed by atoms with E-state index in [9.17, 15) is 14.9 Å². The fourth-order valence-corrected chi connectivity index (χ4v) is 3.59. The van der Waals surface area contributed by atoms with E-state index in [1.807, 2.05) is 6.07 Å². The lowest BCUT2D eigenvalue weighted by molar-refractivity contribution is -0.384. The van der Waals surface area contributed by atoms with E-state index in [1.54, 1.807) is 38.0 Å². The first-order valence-electron chi connectivity index (χ1n) is 9.24. The number of thioether (sulfide) groups is 1. The zero-order valence-corrected chi connectivity index (χ0v) is 18.6. The number of non-ortho nitro benzene ring substituents is 1. The minimum absolute atomic E-state index is 0.0536. The number of carbonyl (C=O) groups is 1. The minimum atomic E-state index is -0.534. The number of hydrogen-bond donors (Lipinski definition) is 1. The Bertz CT molecular complexity index is 1150. The van der Waals surface area contributed by atoms with Gasteiger partial charge < -0.3 is 24.1 Å². The molecule has 0 unspecified atom stereocenters. The molecule has 0 bridgehead atoms. The third kappa shape index (κ3) is 4.91. The van der Waals surface area contributed by atoms with Crippen LogP contribution in [0.1, 0.15) is 0 Å². The lowest BCUT2D eigenvalue weighted by atomic mass is 10.2. The van der Waals surface area contributed by atoms with Gasteiger partial charge in [0, 0.05) is 18.7 Å². The molecule has 11 nitrogen and oxygen atoms in total. The first-order valence-corrected chi connectivity index (χ1v) is 10.2. The number of amides is 1. The smallest absolute Gasteiger partial charge is 0.273 e. The number of nitrogens with zero attached hydrogens (tertiary/aromatic N) is 4. The van der Waals surface area contributed by atoms with E-state index in [4.69, 9.17) is 14.2 Å². The van der Waals surface area contributed by atoms with Crippen molar-refractivity contribution in [3.8, 4) is 28.6 Å². The van der Waals surface area contributed by atoms with Crippen molar-refractivity contribution in [1.29, 1.82) is 0 Å². The summed E-state index contributed by atoms with van der Waals surface area (Å²) in [7, 11) is 6.29. The molecule has 1 aromatic heterocycles. The number of hydrogen-bond acceptors (Lipinski definition) is 9. The molecule has 3 rings (SSSR count). The largest absolute Gasteiger partial charge is 0.494 e. The molecule has 0 aliphatic carbocycles. The molecule has 2 aromatic carbocycles. The van der Waals surface area contributed by atoms with Gasteiger partial charge in [-0.05, 0) is 24.3 Å². The van der Waals surface area contributed by atoms with Crippen molar-refractivity contribution in [2.24, 2.45) is 7.05 Å². The Morgan fingerprint density at radius 1 is 1.06 bits per heavy atom. The number of carbonyl (C=O) groups excluding carboxylic acids is 1. The van der Waals surface area contributed by atoms with Crippen LogP contribution in [-0.2, 0) is 11.8 Å². The Balaban J connectivity index is 1.69. The van der Waals surface area contributed by atoms with Gasteiger partial charge in [0.1, 0.15) is 5.75 Å². The van der Waals surface area contributed by atoms with Crippen molar-refractivity contribution in [1.82, 2.24) is 14.8 Å². The predicted molar refractivity (Wildman–Crippen MR) is 119 cm³/mol. The van der Waals surface area contributed by atoms with Crippen LogP contribution in [0.15, 0.2) is 41.6 Å². The van der Waals surface area contributed by atoms with Gasteiger partial charge in [0.05, 0.1) is 43.8 Å². The zero-order chi connectivity index (χ0) is 23.3. The Hall–Kier alpha value is -3.80. The summed E-state index contributed by atoms with van der Waals surface area (Å²) in [6.07, 6.45) is 0. The molecule has 0 fully saturated rings. The van der Waals surface area contributed by atoms with E-state index in [-0.39, 0.29) is 23.1 Å². The number of benzene rings is 2. The minimum Gasteiger partial charge on any atom is -0.494 e. The highest BCUT2D eigenvalue weighted by Gasteiger charge is 2.17. The molecule has 0 radical (unpaired) electrons. The molecule has 12 heteroatoms. The summed E-state index contributed by atoms with van der Waals surface area (Å²) in [5.74, 6) is 1.71.